The first kappa shape index (κ1) is 12.5. The number of alkyl halides is 1. The van der Waals surface area contributed by atoms with Gasteiger partial charge in [-0.25, -0.2) is 0 Å². The van der Waals surface area contributed by atoms with Crippen LogP contribution < -0.4 is 0 Å². The number of nitrogens with zero attached hydrogens (tertiary/aromatic N) is 3. The summed E-state index contributed by atoms with van der Waals surface area (Å²) in [5.74, 6) is 0.696. The second-order valence-electron chi connectivity index (χ2n) is 3.67. The van der Waals surface area contributed by atoms with Crippen LogP contribution in [-0.2, 0) is 13.1 Å². The molecule has 0 amide bonds. The lowest BCUT2D eigenvalue weighted by molar-refractivity contribution is 0.282. The highest BCUT2D eigenvalue weighted by atomic mass is 35.5. The van der Waals surface area contributed by atoms with Crippen LogP contribution in [0.4, 0.5) is 0 Å². The van der Waals surface area contributed by atoms with Crippen molar-refractivity contribution in [2.45, 2.75) is 33.4 Å². The van der Waals surface area contributed by atoms with Gasteiger partial charge in [-0.15, -0.1) is 11.6 Å². The molecule has 0 aromatic carbocycles. The summed E-state index contributed by atoms with van der Waals surface area (Å²) < 4.78 is 1.96. The maximum absolute atomic E-state index is 5.77. The predicted molar refractivity (Wildman–Crippen MR) is 64.2 cm³/mol. The third-order valence-corrected chi connectivity index (χ3v) is 2.53. The highest BCUT2D eigenvalue weighted by Crippen LogP contribution is 2.04. The maximum Gasteiger partial charge on any atom is 0.0534 e. The third-order valence-electron chi connectivity index (χ3n) is 2.36. The number of aromatic nitrogens is 2. The Bertz CT molecular complexity index is 267. The Labute approximate surface area is 97.0 Å². The molecule has 15 heavy (non-hydrogen) atoms. The van der Waals surface area contributed by atoms with Crippen molar-refractivity contribution in [1.29, 1.82) is 0 Å². The Morgan fingerprint density at radius 2 is 2.20 bits per heavy atom. The molecule has 0 spiro atoms. The molecule has 0 saturated heterocycles. The van der Waals surface area contributed by atoms with Gasteiger partial charge in [-0.3, -0.25) is 9.58 Å². The Morgan fingerprint density at radius 3 is 2.73 bits per heavy atom. The van der Waals surface area contributed by atoms with Gasteiger partial charge in [0.15, 0.2) is 0 Å². The van der Waals surface area contributed by atoms with E-state index in [1.165, 1.54) is 12.0 Å². The zero-order chi connectivity index (χ0) is 11.1. The molecule has 0 atom stereocenters. The SMILES string of the molecule is CCCN(CCCl)Cc1cnn(CC)c1. The number of hydrogen-bond donors (Lipinski definition) is 0. The molecule has 0 bridgehead atoms. The van der Waals surface area contributed by atoms with Gasteiger partial charge in [-0.2, -0.15) is 5.10 Å². The summed E-state index contributed by atoms with van der Waals surface area (Å²) >= 11 is 5.77. The van der Waals surface area contributed by atoms with Crippen LogP contribution in [0, 0.1) is 0 Å². The first-order valence-corrected chi connectivity index (χ1v) is 6.13. The van der Waals surface area contributed by atoms with Gasteiger partial charge in [-0.1, -0.05) is 6.92 Å². The van der Waals surface area contributed by atoms with Crippen LogP contribution in [0.3, 0.4) is 0 Å². The van der Waals surface area contributed by atoms with Gasteiger partial charge in [0, 0.05) is 37.3 Å². The Morgan fingerprint density at radius 1 is 1.40 bits per heavy atom. The lowest BCUT2D eigenvalue weighted by Gasteiger charge is -2.19. The summed E-state index contributed by atoms with van der Waals surface area (Å²) in [7, 11) is 0. The van der Waals surface area contributed by atoms with Crippen molar-refractivity contribution in [3.05, 3.63) is 18.0 Å². The molecule has 0 fully saturated rings. The predicted octanol–water partition coefficient (Wildman–Crippen LogP) is 2.35. The molecule has 0 unspecified atom stereocenters. The number of hydrogen-bond acceptors (Lipinski definition) is 2. The molecule has 0 N–H and O–H groups in total. The van der Waals surface area contributed by atoms with E-state index in [-0.39, 0.29) is 0 Å². The van der Waals surface area contributed by atoms with Crippen molar-refractivity contribution in [2.24, 2.45) is 0 Å². The molecule has 0 saturated carbocycles. The zero-order valence-corrected chi connectivity index (χ0v) is 10.4. The highest BCUT2D eigenvalue weighted by molar-refractivity contribution is 6.18. The minimum Gasteiger partial charge on any atom is -0.298 e. The van der Waals surface area contributed by atoms with Crippen LogP contribution in [0.1, 0.15) is 25.8 Å². The zero-order valence-electron chi connectivity index (χ0n) is 9.62. The Hall–Kier alpha value is -0.540. The van der Waals surface area contributed by atoms with E-state index >= 15 is 0 Å². The molecule has 0 aliphatic heterocycles. The topological polar surface area (TPSA) is 21.1 Å². The van der Waals surface area contributed by atoms with E-state index in [9.17, 15) is 0 Å². The van der Waals surface area contributed by atoms with Crippen LogP contribution in [0.15, 0.2) is 12.4 Å². The molecule has 3 nitrogen and oxygen atoms in total. The fraction of sp³-hybridized carbons (Fsp3) is 0.727. The Balaban J connectivity index is 2.48. The van der Waals surface area contributed by atoms with Crippen LogP contribution in [0.2, 0.25) is 0 Å². The second kappa shape index (κ2) is 6.85. The van der Waals surface area contributed by atoms with Crippen LogP contribution in [-0.4, -0.2) is 33.6 Å². The normalized spacial score (nSPS) is 11.2. The smallest absolute Gasteiger partial charge is 0.0534 e. The van der Waals surface area contributed by atoms with Crippen molar-refractivity contribution in [1.82, 2.24) is 14.7 Å². The fourth-order valence-corrected chi connectivity index (χ4v) is 1.86. The molecule has 86 valence electrons. The van der Waals surface area contributed by atoms with E-state index in [0.717, 1.165) is 26.2 Å². The summed E-state index contributed by atoms with van der Waals surface area (Å²) in [6.45, 7) is 8.23. The van der Waals surface area contributed by atoms with Gasteiger partial charge in [0.25, 0.3) is 0 Å². The lowest BCUT2D eigenvalue weighted by atomic mass is 10.3. The van der Waals surface area contributed by atoms with Crippen molar-refractivity contribution < 1.29 is 0 Å². The highest BCUT2D eigenvalue weighted by Gasteiger charge is 2.05. The number of rotatable bonds is 7. The van der Waals surface area contributed by atoms with Crippen LogP contribution >= 0.6 is 11.6 Å². The summed E-state index contributed by atoms with van der Waals surface area (Å²) in [6, 6.07) is 0. The summed E-state index contributed by atoms with van der Waals surface area (Å²) in [5.41, 5.74) is 1.27. The van der Waals surface area contributed by atoms with Gasteiger partial charge >= 0.3 is 0 Å². The van der Waals surface area contributed by atoms with Crippen LogP contribution in [0.25, 0.3) is 0 Å². The molecule has 1 rings (SSSR count). The molecule has 0 aliphatic carbocycles. The van der Waals surface area contributed by atoms with Crippen molar-refractivity contribution in [3.8, 4) is 0 Å². The first-order valence-electron chi connectivity index (χ1n) is 5.59. The van der Waals surface area contributed by atoms with E-state index < -0.39 is 0 Å². The van der Waals surface area contributed by atoms with Crippen molar-refractivity contribution in [2.75, 3.05) is 19.0 Å². The minimum absolute atomic E-state index is 0.696. The van der Waals surface area contributed by atoms with E-state index in [1.807, 2.05) is 10.9 Å². The van der Waals surface area contributed by atoms with E-state index in [0.29, 0.717) is 5.88 Å². The Kier molecular flexibility index (Phi) is 5.73. The van der Waals surface area contributed by atoms with E-state index in [1.54, 1.807) is 0 Å². The van der Waals surface area contributed by atoms with Crippen molar-refractivity contribution in [3.63, 3.8) is 0 Å². The average Bonchev–Trinajstić information content (AvgIpc) is 2.66. The maximum atomic E-state index is 5.77. The van der Waals surface area contributed by atoms with E-state index in [4.69, 9.17) is 11.6 Å². The quantitative estimate of drug-likeness (QED) is 0.670. The van der Waals surface area contributed by atoms with Gasteiger partial charge < -0.3 is 0 Å². The molecule has 4 heteroatoms. The number of aryl methyl sites for hydroxylation is 1. The third kappa shape index (κ3) is 4.22. The molecule has 1 aromatic heterocycles. The standard InChI is InChI=1S/C11H20ClN3/c1-3-6-14(7-5-12)9-11-8-13-15(4-2)10-11/h8,10H,3-7,9H2,1-2H3. The average molecular weight is 230 g/mol. The van der Waals surface area contributed by atoms with Gasteiger partial charge in [0.05, 0.1) is 6.20 Å². The molecular weight excluding hydrogens is 210 g/mol. The molecule has 1 aromatic rings. The largest absolute Gasteiger partial charge is 0.298 e. The van der Waals surface area contributed by atoms with Gasteiger partial charge in [-0.05, 0) is 19.9 Å². The molecule has 0 radical (unpaired) electrons. The lowest BCUT2D eigenvalue weighted by Crippen LogP contribution is -2.25. The van der Waals surface area contributed by atoms with Crippen LogP contribution in [0.5, 0.6) is 0 Å². The molecular formula is C11H20ClN3. The first-order chi connectivity index (χ1) is 7.30. The van der Waals surface area contributed by atoms with Gasteiger partial charge in [0.1, 0.15) is 0 Å². The second-order valence-corrected chi connectivity index (χ2v) is 4.05. The molecule has 0 aliphatic rings. The van der Waals surface area contributed by atoms with E-state index in [2.05, 4.69) is 30.0 Å². The minimum atomic E-state index is 0.696. The van der Waals surface area contributed by atoms with Gasteiger partial charge in [0.2, 0.25) is 0 Å². The summed E-state index contributed by atoms with van der Waals surface area (Å²) in [6.07, 6.45) is 5.22. The summed E-state index contributed by atoms with van der Waals surface area (Å²) in [4.78, 5) is 2.37. The number of halogens is 1. The fourth-order valence-electron chi connectivity index (χ4n) is 1.62. The summed E-state index contributed by atoms with van der Waals surface area (Å²) in [5, 5.41) is 4.26. The monoisotopic (exact) mass is 229 g/mol. The molecule has 1 heterocycles. The van der Waals surface area contributed by atoms with Crippen molar-refractivity contribution >= 4 is 11.6 Å².